The highest BCUT2D eigenvalue weighted by Gasteiger charge is 2.29. The minimum Gasteiger partial charge on any atom is -0.490 e. The molecule has 1 aliphatic heterocycles. The first-order chi connectivity index (χ1) is 9.05. The number of ether oxygens (including phenoxy) is 2. The van der Waals surface area contributed by atoms with Crippen LogP contribution in [-0.4, -0.2) is 13.2 Å². The van der Waals surface area contributed by atoms with E-state index in [1.807, 2.05) is 0 Å². The molecular formula is C16H21BrO2. The van der Waals surface area contributed by atoms with E-state index >= 15 is 0 Å². The molecule has 1 heterocycles. The summed E-state index contributed by atoms with van der Waals surface area (Å²) in [7, 11) is 0. The molecule has 0 saturated heterocycles. The molecule has 0 spiro atoms. The smallest absolute Gasteiger partial charge is 0.161 e. The van der Waals surface area contributed by atoms with Gasteiger partial charge < -0.3 is 9.47 Å². The van der Waals surface area contributed by atoms with Crippen molar-refractivity contribution in [3.8, 4) is 11.5 Å². The highest BCUT2D eigenvalue weighted by molar-refractivity contribution is 9.09. The number of halogens is 1. The van der Waals surface area contributed by atoms with Crippen molar-refractivity contribution >= 4 is 15.9 Å². The summed E-state index contributed by atoms with van der Waals surface area (Å²) in [6.07, 6.45) is 4.48. The third kappa shape index (κ3) is 2.76. The van der Waals surface area contributed by atoms with Gasteiger partial charge in [-0.25, -0.2) is 0 Å². The van der Waals surface area contributed by atoms with Crippen LogP contribution in [0.25, 0.3) is 0 Å². The second-order valence-corrected chi connectivity index (χ2v) is 7.49. The molecule has 0 aromatic heterocycles. The van der Waals surface area contributed by atoms with Crippen LogP contribution in [0.4, 0.5) is 0 Å². The molecule has 0 saturated carbocycles. The number of rotatable bonds is 0. The SMILES string of the molecule is CC1(C)CCc2cc3c(cc2C(Br)C1)OCCCO3. The van der Waals surface area contributed by atoms with Crippen LogP contribution in [0.1, 0.15) is 49.1 Å². The summed E-state index contributed by atoms with van der Waals surface area (Å²) in [5.41, 5.74) is 3.18. The van der Waals surface area contributed by atoms with Crippen molar-refractivity contribution in [1.82, 2.24) is 0 Å². The zero-order chi connectivity index (χ0) is 13.5. The third-order valence-corrected chi connectivity index (χ3v) is 4.97. The average Bonchev–Trinajstić information content (AvgIpc) is 2.63. The van der Waals surface area contributed by atoms with E-state index in [9.17, 15) is 0 Å². The average molecular weight is 325 g/mol. The van der Waals surface area contributed by atoms with E-state index in [2.05, 4.69) is 41.9 Å². The minimum atomic E-state index is 0.381. The topological polar surface area (TPSA) is 18.5 Å². The fourth-order valence-electron chi connectivity index (χ4n) is 2.94. The summed E-state index contributed by atoms with van der Waals surface area (Å²) >= 11 is 3.86. The van der Waals surface area contributed by atoms with Crippen molar-refractivity contribution in [3.05, 3.63) is 23.3 Å². The Labute approximate surface area is 123 Å². The standard InChI is InChI=1S/C16H21BrO2/c1-16(2)5-4-11-8-14-15(19-7-3-6-18-14)9-12(11)13(17)10-16/h8-9,13H,3-7,10H2,1-2H3. The Kier molecular flexibility index (Phi) is 3.50. The van der Waals surface area contributed by atoms with Crippen molar-refractivity contribution in [2.45, 2.75) is 44.4 Å². The maximum Gasteiger partial charge on any atom is 0.161 e. The molecule has 0 bridgehead atoms. The van der Waals surface area contributed by atoms with Crippen LogP contribution in [0.5, 0.6) is 11.5 Å². The lowest BCUT2D eigenvalue weighted by molar-refractivity contribution is 0.296. The van der Waals surface area contributed by atoms with Gasteiger partial charge in [0.2, 0.25) is 0 Å². The first kappa shape index (κ1) is 13.3. The molecule has 19 heavy (non-hydrogen) atoms. The molecule has 3 rings (SSSR count). The number of benzene rings is 1. The fourth-order valence-corrected chi connectivity index (χ4v) is 4.25. The van der Waals surface area contributed by atoms with Gasteiger partial charge >= 0.3 is 0 Å². The molecule has 1 aromatic rings. The molecule has 1 aromatic carbocycles. The largest absolute Gasteiger partial charge is 0.490 e. The molecule has 3 heteroatoms. The molecule has 0 fully saturated rings. The summed E-state index contributed by atoms with van der Waals surface area (Å²) in [5, 5.41) is 0. The lowest BCUT2D eigenvalue weighted by atomic mass is 9.84. The molecule has 0 amide bonds. The van der Waals surface area contributed by atoms with E-state index in [1.165, 1.54) is 24.0 Å². The van der Waals surface area contributed by atoms with E-state index in [0.29, 0.717) is 10.2 Å². The predicted molar refractivity (Wildman–Crippen MR) is 80.4 cm³/mol. The van der Waals surface area contributed by atoms with E-state index in [1.54, 1.807) is 0 Å². The molecule has 1 aliphatic carbocycles. The van der Waals surface area contributed by atoms with Crippen LogP contribution >= 0.6 is 15.9 Å². The number of hydrogen-bond acceptors (Lipinski definition) is 2. The van der Waals surface area contributed by atoms with Crippen LogP contribution in [0.2, 0.25) is 0 Å². The van der Waals surface area contributed by atoms with E-state index < -0.39 is 0 Å². The lowest BCUT2D eigenvalue weighted by Gasteiger charge is -2.24. The van der Waals surface area contributed by atoms with Crippen LogP contribution in [0.15, 0.2) is 12.1 Å². The minimum absolute atomic E-state index is 0.381. The summed E-state index contributed by atoms with van der Waals surface area (Å²) in [6, 6.07) is 4.39. The van der Waals surface area contributed by atoms with Gasteiger partial charge in [-0.2, -0.15) is 0 Å². The summed E-state index contributed by atoms with van der Waals surface area (Å²) < 4.78 is 11.6. The van der Waals surface area contributed by atoms with Crippen LogP contribution < -0.4 is 9.47 Å². The Balaban J connectivity index is 2.01. The fraction of sp³-hybridized carbons (Fsp3) is 0.625. The summed E-state index contributed by atoms with van der Waals surface area (Å²) in [6.45, 7) is 6.22. The zero-order valence-electron chi connectivity index (χ0n) is 11.7. The van der Waals surface area contributed by atoms with Gasteiger partial charge in [0.05, 0.1) is 13.2 Å². The molecule has 0 N–H and O–H groups in total. The molecule has 1 atom stereocenters. The van der Waals surface area contributed by atoms with Crippen molar-refractivity contribution < 1.29 is 9.47 Å². The van der Waals surface area contributed by atoms with Crippen molar-refractivity contribution in [2.24, 2.45) is 5.41 Å². The van der Waals surface area contributed by atoms with Crippen molar-refractivity contribution in [1.29, 1.82) is 0 Å². The maximum atomic E-state index is 5.81. The van der Waals surface area contributed by atoms with E-state index in [4.69, 9.17) is 9.47 Å². The molecule has 104 valence electrons. The van der Waals surface area contributed by atoms with Crippen LogP contribution in [-0.2, 0) is 6.42 Å². The highest BCUT2D eigenvalue weighted by atomic mass is 79.9. The number of hydrogen-bond donors (Lipinski definition) is 0. The van der Waals surface area contributed by atoms with Crippen molar-refractivity contribution in [2.75, 3.05) is 13.2 Å². The molecule has 0 radical (unpaired) electrons. The van der Waals surface area contributed by atoms with Gasteiger partial charge in [-0.15, -0.1) is 0 Å². The molecular weight excluding hydrogens is 304 g/mol. The Morgan fingerprint density at radius 2 is 1.84 bits per heavy atom. The quantitative estimate of drug-likeness (QED) is 0.511. The Bertz CT molecular complexity index is 482. The normalized spacial score (nSPS) is 25.1. The first-order valence-electron chi connectivity index (χ1n) is 7.12. The third-order valence-electron chi connectivity index (χ3n) is 4.15. The van der Waals surface area contributed by atoms with Gasteiger partial charge in [-0.1, -0.05) is 29.8 Å². The number of aryl methyl sites for hydroxylation is 1. The number of alkyl halides is 1. The van der Waals surface area contributed by atoms with E-state index in [-0.39, 0.29) is 0 Å². The molecule has 2 aliphatic rings. The maximum absolute atomic E-state index is 5.81. The Morgan fingerprint density at radius 1 is 1.16 bits per heavy atom. The van der Waals surface area contributed by atoms with E-state index in [0.717, 1.165) is 37.6 Å². The summed E-state index contributed by atoms with van der Waals surface area (Å²) in [5.74, 6) is 1.84. The lowest BCUT2D eigenvalue weighted by Crippen LogP contribution is -2.11. The second kappa shape index (κ2) is 5.01. The van der Waals surface area contributed by atoms with Gasteiger partial charge in [-0.05, 0) is 47.9 Å². The predicted octanol–water partition coefficient (Wildman–Crippen LogP) is 4.65. The van der Waals surface area contributed by atoms with Gasteiger partial charge in [0.1, 0.15) is 0 Å². The summed E-state index contributed by atoms with van der Waals surface area (Å²) in [4.78, 5) is 0.414. The molecule has 2 nitrogen and oxygen atoms in total. The number of fused-ring (bicyclic) bond motifs is 2. The monoisotopic (exact) mass is 324 g/mol. The molecule has 1 unspecified atom stereocenters. The zero-order valence-corrected chi connectivity index (χ0v) is 13.3. The van der Waals surface area contributed by atoms with Crippen molar-refractivity contribution in [3.63, 3.8) is 0 Å². The first-order valence-corrected chi connectivity index (χ1v) is 8.03. The second-order valence-electron chi connectivity index (χ2n) is 6.38. The highest BCUT2D eigenvalue weighted by Crippen LogP contribution is 2.46. The Hall–Kier alpha value is -0.700. The van der Waals surface area contributed by atoms with Gasteiger partial charge in [-0.3, -0.25) is 0 Å². The van der Waals surface area contributed by atoms with Gasteiger partial charge in [0.15, 0.2) is 11.5 Å². The van der Waals surface area contributed by atoms with Gasteiger partial charge in [0.25, 0.3) is 0 Å². The van der Waals surface area contributed by atoms with Crippen LogP contribution in [0.3, 0.4) is 0 Å². The van der Waals surface area contributed by atoms with Crippen LogP contribution in [0, 0.1) is 5.41 Å². The van der Waals surface area contributed by atoms with Gasteiger partial charge in [0, 0.05) is 11.2 Å². The Morgan fingerprint density at radius 3 is 2.58 bits per heavy atom.